The van der Waals surface area contributed by atoms with E-state index in [1.54, 1.807) is 7.11 Å². The van der Waals surface area contributed by atoms with Gasteiger partial charge in [0.2, 0.25) is 0 Å². The highest BCUT2D eigenvalue weighted by Gasteiger charge is 2.30. The highest BCUT2D eigenvalue weighted by molar-refractivity contribution is 5.89. The van der Waals surface area contributed by atoms with Crippen molar-refractivity contribution in [3.8, 4) is 0 Å². The summed E-state index contributed by atoms with van der Waals surface area (Å²) in [6.45, 7) is 7.41. The molecule has 0 N–H and O–H groups in total. The quantitative estimate of drug-likeness (QED) is 0.668. The van der Waals surface area contributed by atoms with Gasteiger partial charge >= 0.3 is 5.97 Å². The van der Waals surface area contributed by atoms with E-state index in [-0.39, 0.29) is 5.97 Å². The first-order chi connectivity index (χ1) is 13.1. The van der Waals surface area contributed by atoms with Crippen LogP contribution in [-0.4, -0.2) is 53.6 Å². The smallest absolute Gasteiger partial charge is 0.359 e. The second-order valence-corrected chi connectivity index (χ2v) is 6.98. The van der Waals surface area contributed by atoms with Crippen LogP contribution in [0.4, 0.5) is 0 Å². The van der Waals surface area contributed by atoms with Crippen molar-refractivity contribution < 1.29 is 14.3 Å². The van der Waals surface area contributed by atoms with Gasteiger partial charge in [0.25, 0.3) is 0 Å². The number of ether oxygens (including phenoxy) is 2. The number of methoxy groups -OCH3 is 1. The number of aryl methyl sites for hydroxylation is 2. The summed E-state index contributed by atoms with van der Waals surface area (Å²) < 4.78 is 12.6. The van der Waals surface area contributed by atoms with Crippen molar-refractivity contribution >= 4 is 5.97 Å². The van der Waals surface area contributed by atoms with Gasteiger partial charge in [-0.1, -0.05) is 30.3 Å². The van der Waals surface area contributed by atoms with Gasteiger partial charge in [-0.05, 0) is 25.8 Å². The second kappa shape index (κ2) is 9.15. The minimum atomic E-state index is -0.326. The summed E-state index contributed by atoms with van der Waals surface area (Å²) in [5.41, 5.74) is 3.91. The van der Waals surface area contributed by atoms with Gasteiger partial charge in [-0.15, -0.1) is 0 Å². The number of rotatable bonds is 8. The van der Waals surface area contributed by atoms with Crippen LogP contribution in [0.1, 0.15) is 41.2 Å². The van der Waals surface area contributed by atoms with Gasteiger partial charge < -0.3 is 9.47 Å². The van der Waals surface area contributed by atoms with E-state index >= 15 is 0 Å². The van der Waals surface area contributed by atoms with E-state index in [1.807, 2.05) is 29.8 Å². The number of esters is 1. The summed E-state index contributed by atoms with van der Waals surface area (Å²) in [5, 5.41) is 4.65. The molecule has 0 amide bonds. The topological polar surface area (TPSA) is 56.6 Å². The first kappa shape index (κ1) is 19.6. The molecule has 6 nitrogen and oxygen atoms in total. The maximum atomic E-state index is 12.5. The van der Waals surface area contributed by atoms with Crippen molar-refractivity contribution in [1.82, 2.24) is 14.7 Å². The molecule has 1 aromatic carbocycles. The van der Waals surface area contributed by atoms with E-state index in [2.05, 4.69) is 29.1 Å². The Hall–Kier alpha value is -2.18. The van der Waals surface area contributed by atoms with Crippen molar-refractivity contribution in [3.05, 3.63) is 52.8 Å². The number of aromatic nitrogens is 2. The zero-order valence-corrected chi connectivity index (χ0v) is 16.5. The monoisotopic (exact) mass is 371 g/mol. The minimum absolute atomic E-state index is 0.297. The van der Waals surface area contributed by atoms with Crippen LogP contribution in [0.2, 0.25) is 0 Å². The third kappa shape index (κ3) is 4.57. The first-order valence-electron chi connectivity index (χ1n) is 9.66. The average Bonchev–Trinajstić information content (AvgIpc) is 3.05. The third-order valence-electron chi connectivity index (χ3n) is 5.12. The Morgan fingerprint density at radius 3 is 2.78 bits per heavy atom. The van der Waals surface area contributed by atoms with E-state index in [0.29, 0.717) is 31.5 Å². The van der Waals surface area contributed by atoms with E-state index in [1.165, 1.54) is 5.56 Å². The summed E-state index contributed by atoms with van der Waals surface area (Å²) in [6, 6.07) is 10.7. The molecule has 1 unspecified atom stereocenters. The molecule has 3 rings (SSSR count). The predicted molar refractivity (Wildman–Crippen MR) is 104 cm³/mol. The lowest BCUT2D eigenvalue weighted by Crippen LogP contribution is -2.40. The van der Waals surface area contributed by atoms with Crippen molar-refractivity contribution in [2.24, 2.45) is 0 Å². The number of carbonyl (C=O) groups excluding carboxylic acids is 1. The second-order valence-electron chi connectivity index (χ2n) is 6.98. The Morgan fingerprint density at radius 1 is 1.30 bits per heavy atom. The Labute approximate surface area is 161 Å². The lowest BCUT2D eigenvalue weighted by atomic mass is 10.0. The van der Waals surface area contributed by atoms with Crippen LogP contribution in [0, 0.1) is 0 Å². The molecule has 1 aliphatic rings. The van der Waals surface area contributed by atoms with Crippen molar-refractivity contribution in [3.63, 3.8) is 0 Å². The molecule has 1 aliphatic heterocycles. The van der Waals surface area contributed by atoms with Crippen LogP contribution in [0.5, 0.6) is 0 Å². The van der Waals surface area contributed by atoms with Gasteiger partial charge in [0.05, 0.1) is 13.2 Å². The van der Waals surface area contributed by atoms with E-state index in [0.717, 1.165) is 37.2 Å². The molecule has 0 fully saturated rings. The van der Waals surface area contributed by atoms with Crippen molar-refractivity contribution in [1.29, 1.82) is 0 Å². The highest BCUT2D eigenvalue weighted by atomic mass is 16.5. The summed E-state index contributed by atoms with van der Waals surface area (Å²) in [7, 11) is 1.72. The van der Waals surface area contributed by atoms with Crippen LogP contribution >= 0.6 is 0 Å². The SMILES string of the molecule is CCOC(=O)c1nn(CCc2ccccc2)c2c1CN(C(C)COC)CC2. The van der Waals surface area contributed by atoms with Gasteiger partial charge in [0.1, 0.15) is 0 Å². The average molecular weight is 371 g/mol. The lowest BCUT2D eigenvalue weighted by Gasteiger charge is -2.32. The molecular weight excluding hydrogens is 342 g/mol. The molecule has 0 aliphatic carbocycles. The molecule has 0 radical (unpaired) electrons. The number of hydrogen-bond donors (Lipinski definition) is 0. The van der Waals surface area contributed by atoms with Crippen LogP contribution < -0.4 is 0 Å². The molecule has 146 valence electrons. The van der Waals surface area contributed by atoms with Gasteiger partial charge in [-0.3, -0.25) is 9.58 Å². The Kier molecular flexibility index (Phi) is 6.63. The predicted octanol–water partition coefficient (Wildman–Crippen LogP) is 2.70. The van der Waals surface area contributed by atoms with E-state index < -0.39 is 0 Å². The molecule has 1 aromatic heterocycles. The van der Waals surface area contributed by atoms with E-state index in [4.69, 9.17) is 9.47 Å². The standard InChI is InChI=1S/C21H29N3O3/c1-4-27-21(25)20-18-14-23(16(2)15-26-3)12-11-19(18)24(22-20)13-10-17-8-6-5-7-9-17/h5-9,16H,4,10-15H2,1-3H3. The zero-order valence-electron chi connectivity index (χ0n) is 16.5. The summed E-state index contributed by atoms with van der Waals surface area (Å²) in [5.74, 6) is -0.326. The van der Waals surface area contributed by atoms with Crippen LogP contribution in [0.3, 0.4) is 0 Å². The molecule has 2 aromatic rings. The van der Waals surface area contributed by atoms with Crippen LogP contribution in [0.15, 0.2) is 30.3 Å². The third-order valence-corrected chi connectivity index (χ3v) is 5.12. The molecule has 2 heterocycles. The van der Waals surface area contributed by atoms with Crippen molar-refractivity contribution in [2.75, 3.05) is 26.9 Å². The molecular formula is C21H29N3O3. The summed E-state index contributed by atoms with van der Waals surface area (Å²) in [4.78, 5) is 14.8. The van der Waals surface area contributed by atoms with Crippen molar-refractivity contribution in [2.45, 2.75) is 45.8 Å². The van der Waals surface area contributed by atoms with E-state index in [9.17, 15) is 4.79 Å². The highest BCUT2D eigenvalue weighted by Crippen LogP contribution is 2.25. The molecule has 1 atom stereocenters. The maximum absolute atomic E-state index is 12.5. The Morgan fingerprint density at radius 2 is 2.07 bits per heavy atom. The molecule has 0 saturated heterocycles. The number of fused-ring (bicyclic) bond motifs is 1. The number of hydrogen-bond acceptors (Lipinski definition) is 5. The Balaban J connectivity index is 1.83. The number of nitrogens with zero attached hydrogens (tertiary/aromatic N) is 3. The molecule has 0 saturated carbocycles. The molecule has 0 spiro atoms. The fourth-order valence-electron chi connectivity index (χ4n) is 3.66. The molecule has 6 heteroatoms. The number of carbonyl (C=O) groups is 1. The largest absolute Gasteiger partial charge is 0.461 e. The fourth-order valence-corrected chi connectivity index (χ4v) is 3.66. The fraction of sp³-hybridized carbons (Fsp3) is 0.524. The maximum Gasteiger partial charge on any atom is 0.359 e. The zero-order chi connectivity index (χ0) is 19.2. The minimum Gasteiger partial charge on any atom is -0.461 e. The van der Waals surface area contributed by atoms with Gasteiger partial charge in [0.15, 0.2) is 5.69 Å². The van der Waals surface area contributed by atoms with Gasteiger partial charge in [-0.25, -0.2) is 4.79 Å². The normalized spacial score (nSPS) is 15.4. The van der Waals surface area contributed by atoms with Gasteiger partial charge in [-0.2, -0.15) is 5.10 Å². The molecule has 27 heavy (non-hydrogen) atoms. The lowest BCUT2D eigenvalue weighted by molar-refractivity contribution is 0.0513. The first-order valence-corrected chi connectivity index (χ1v) is 9.66. The number of benzene rings is 1. The molecule has 0 bridgehead atoms. The van der Waals surface area contributed by atoms with Gasteiger partial charge in [0, 0.05) is 50.5 Å². The van der Waals surface area contributed by atoms with Crippen LogP contribution in [-0.2, 0) is 35.4 Å². The summed E-state index contributed by atoms with van der Waals surface area (Å²) in [6.07, 6.45) is 1.77. The van der Waals surface area contributed by atoms with Crippen LogP contribution in [0.25, 0.3) is 0 Å². The Bertz CT molecular complexity index is 758. The summed E-state index contributed by atoms with van der Waals surface area (Å²) >= 11 is 0.